The van der Waals surface area contributed by atoms with Crippen molar-refractivity contribution in [2.75, 3.05) is 33.9 Å². The first-order chi connectivity index (χ1) is 16.1. The quantitative estimate of drug-likeness (QED) is 0.317. The third kappa shape index (κ3) is 5.25. The van der Waals surface area contributed by atoms with E-state index < -0.39 is 11.5 Å². The lowest BCUT2D eigenvalue weighted by Gasteiger charge is -2.25. The third-order valence-corrected chi connectivity index (χ3v) is 5.82. The van der Waals surface area contributed by atoms with Crippen LogP contribution >= 0.6 is 0 Å². The number of H-pyrrole nitrogens is 1. The molecule has 0 radical (unpaired) electrons. The van der Waals surface area contributed by atoms with E-state index in [4.69, 9.17) is 9.47 Å². The van der Waals surface area contributed by atoms with Gasteiger partial charge in [-0.25, -0.2) is 4.79 Å². The summed E-state index contributed by atoms with van der Waals surface area (Å²) in [5.74, 6) is 0.760. The van der Waals surface area contributed by atoms with Gasteiger partial charge in [-0.2, -0.15) is 4.68 Å². The van der Waals surface area contributed by atoms with Crippen molar-refractivity contribution in [3.05, 3.63) is 64.6 Å². The predicted octanol–water partition coefficient (Wildman–Crippen LogP) is 1.39. The summed E-state index contributed by atoms with van der Waals surface area (Å²) < 4.78 is 13.3. The van der Waals surface area contributed by atoms with Crippen LogP contribution in [0.3, 0.4) is 0 Å². The average molecular weight is 452 g/mol. The van der Waals surface area contributed by atoms with Gasteiger partial charge < -0.3 is 14.6 Å². The van der Waals surface area contributed by atoms with Crippen LogP contribution in [0.5, 0.6) is 11.5 Å². The van der Waals surface area contributed by atoms with E-state index in [9.17, 15) is 9.90 Å². The maximum atomic E-state index is 13.3. The van der Waals surface area contributed by atoms with Crippen LogP contribution in [0.2, 0.25) is 0 Å². The van der Waals surface area contributed by atoms with Crippen molar-refractivity contribution in [3.63, 3.8) is 0 Å². The van der Waals surface area contributed by atoms with Gasteiger partial charge in [-0.1, -0.05) is 16.3 Å². The van der Waals surface area contributed by atoms with Crippen LogP contribution < -0.4 is 24.8 Å². The van der Waals surface area contributed by atoms with E-state index in [0.29, 0.717) is 29.4 Å². The van der Waals surface area contributed by atoms with Crippen LogP contribution in [0.1, 0.15) is 25.0 Å². The lowest BCUT2D eigenvalue weighted by molar-refractivity contribution is -0.756. The Balaban J connectivity index is 1.69. The Bertz CT molecular complexity index is 1140. The molecule has 2 aromatic carbocycles. The highest BCUT2D eigenvalue weighted by atomic mass is 16.5. The fraction of sp³-hybridized carbons (Fsp3) is 0.375. The number of rotatable bonds is 8. The number of piperidine rings is 1. The van der Waals surface area contributed by atoms with E-state index in [0.717, 1.165) is 19.6 Å². The normalized spacial score (nSPS) is 14.9. The number of nitrogens with zero attached hydrogens (tertiary/aromatic N) is 4. The summed E-state index contributed by atoms with van der Waals surface area (Å²) in [6.07, 6.45) is 3.60. The monoisotopic (exact) mass is 451 g/mol. The van der Waals surface area contributed by atoms with Crippen molar-refractivity contribution in [2.24, 2.45) is 4.99 Å². The Kier molecular flexibility index (Phi) is 7.09. The summed E-state index contributed by atoms with van der Waals surface area (Å²) in [5.41, 5.74) is 0.621. The molecule has 1 fully saturated rings. The van der Waals surface area contributed by atoms with Crippen molar-refractivity contribution in [3.8, 4) is 17.2 Å². The lowest BCUT2D eigenvalue weighted by Crippen LogP contribution is -2.50. The average Bonchev–Trinajstić information content (AvgIpc) is 3.20. The molecule has 1 aliphatic heterocycles. The minimum atomic E-state index is -0.590. The Morgan fingerprint density at radius 2 is 1.61 bits per heavy atom. The zero-order chi connectivity index (χ0) is 23.2. The second-order valence-electron chi connectivity index (χ2n) is 7.96. The summed E-state index contributed by atoms with van der Waals surface area (Å²) in [6, 6.07) is 13.9. The summed E-state index contributed by atoms with van der Waals surface area (Å²) >= 11 is 0. The van der Waals surface area contributed by atoms with Gasteiger partial charge in [-0.05, 0) is 74.5 Å². The number of aromatic nitrogens is 3. The van der Waals surface area contributed by atoms with Crippen LogP contribution in [-0.2, 0) is 6.54 Å². The van der Waals surface area contributed by atoms with Gasteiger partial charge in [0, 0.05) is 12.4 Å². The Labute approximate surface area is 192 Å². The topological polar surface area (TPSA) is 98.8 Å². The van der Waals surface area contributed by atoms with Gasteiger partial charge in [0.2, 0.25) is 5.69 Å². The number of nitrogens with one attached hydrogen (secondary N) is 1. The minimum Gasteiger partial charge on any atom is -0.855 e. The fourth-order valence-electron chi connectivity index (χ4n) is 3.96. The maximum absolute atomic E-state index is 13.3. The first kappa shape index (κ1) is 22.6. The highest BCUT2D eigenvalue weighted by molar-refractivity contribution is 5.88. The Morgan fingerprint density at radius 1 is 1.00 bits per heavy atom. The number of hydrogen-bond donors (Lipinski definition) is 1. The molecule has 1 N–H and O–H groups in total. The Hall–Kier alpha value is -3.59. The van der Waals surface area contributed by atoms with E-state index in [-0.39, 0.29) is 5.69 Å². The molecular weight excluding hydrogens is 422 g/mol. The maximum Gasteiger partial charge on any atom is 0.406 e. The van der Waals surface area contributed by atoms with Crippen molar-refractivity contribution >= 4 is 11.6 Å². The van der Waals surface area contributed by atoms with Gasteiger partial charge in [0.05, 0.1) is 19.9 Å². The van der Waals surface area contributed by atoms with Crippen LogP contribution in [0, 0.1) is 0 Å². The number of ether oxygens (including phenoxy) is 2. The standard InChI is InChI=1S/C24H29N5O4/c1-32-20-10-6-18(7-11-20)25-23(30)22-24(31)29(19-8-12-21(33-2)13-9-19)26-28(22)17-16-27-14-4-3-5-15-27/h6-13H,3-5,14-17H2,1-2H3,(H-,25,26,30,31). The molecule has 1 saturated heterocycles. The van der Waals surface area contributed by atoms with Crippen LogP contribution in [0.15, 0.2) is 58.3 Å². The van der Waals surface area contributed by atoms with Crippen molar-refractivity contribution in [1.29, 1.82) is 0 Å². The molecule has 33 heavy (non-hydrogen) atoms. The largest absolute Gasteiger partial charge is 0.855 e. The molecule has 0 amide bonds. The molecular formula is C24H29N5O4. The van der Waals surface area contributed by atoms with Gasteiger partial charge in [0.25, 0.3) is 0 Å². The van der Waals surface area contributed by atoms with Crippen molar-refractivity contribution < 1.29 is 19.3 Å². The van der Waals surface area contributed by atoms with E-state index >= 15 is 0 Å². The predicted molar refractivity (Wildman–Crippen MR) is 123 cm³/mol. The van der Waals surface area contributed by atoms with E-state index in [1.807, 2.05) is 0 Å². The smallest absolute Gasteiger partial charge is 0.406 e. The molecule has 0 aliphatic carbocycles. The molecule has 174 valence electrons. The molecule has 3 aromatic rings. The molecule has 0 spiro atoms. The molecule has 0 atom stereocenters. The number of methoxy groups -OCH3 is 2. The minimum absolute atomic E-state index is 0.00125. The molecule has 9 heteroatoms. The number of hydrogen-bond acceptors (Lipinski definition) is 6. The van der Waals surface area contributed by atoms with Crippen LogP contribution in [-0.4, -0.2) is 54.5 Å². The number of likely N-dealkylation sites (tertiary alicyclic amines) is 1. The van der Waals surface area contributed by atoms with Crippen LogP contribution in [0.4, 0.5) is 5.69 Å². The van der Waals surface area contributed by atoms with Crippen LogP contribution in [0.25, 0.3) is 5.69 Å². The molecule has 1 aromatic heterocycles. The molecule has 0 unspecified atom stereocenters. The number of aromatic amines is 1. The van der Waals surface area contributed by atoms with Crippen molar-refractivity contribution in [1.82, 2.24) is 14.8 Å². The van der Waals surface area contributed by atoms with Gasteiger partial charge in [0.1, 0.15) is 18.0 Å². The zero-order valence-electron chi connectivity index (χ0n) is 19.0. The second-order valence-corrected chi connectivity index (χ2v) is 7.96. The third-order valence-electron chi connectivity index (χ3n) is 5.82. The van der Waals surface area contributed by atoms with E-state index in [1.165, 1.54) is 23.9 Å². The summed E-state index contributed by atoms with van der Waals surface area (Å²) in [4.78, 5) is 19.8. The fourth-order valence-corrected chi connectivity index (χ4v) is 3.96. The van der Waals surface area contributed by atoms with Gasteiger partial charge in [0.15, 0.2) is 5.69 Å². The molecule has 9 nitrogen and oxygen atoms in total. The number of benzene rings is 2. The lowest BCUT2D eigenvalue weighted by atomic mass is 10.1. The van der Waals surface area contributed by atoms with Gasteiger partial charge in [-0.3, -0.25) is 9.89 Å². The SMILES string of the molecule is COc1ccc(N=C([O-])c2c(=O)n(-c3ccc(OC)cc3)[nH][n+]2CCN2CCCCC2)cc1. The summed E-state index contributed by atoms with van der Waals surface area (Å²) in [5, 5.41) is 16.2. The zero-order valence-corrected chi connectivity index (χ0v) is 19.0. The highest BCUT2D eigenvalue weighted by Crippen LogP contribution is 2.18. The van der Waals surface area contributed by atoms with E-state index in [2.05, 4.69) is 15.1 Å². The molecule has 1 aliphatic rings. The van der Waals surface area contributed by atoms with Gasteiger partial charge >= 0.3 is 5.56 Å². The molecule has 2 heterocycles. The first-order valence-electron chi connectivity index (χ1n) is 11.1. The van der Waals surface area contributed by atoms with Crippen molar-refractivity contribution in [2.45, 2.75) is 25.8 Å². The molecule has 0 bridgehead atoms. The summed E-state index contributed by atoms with van der Waals surface area (Å²) in [7, 11) is 3.16. The summed E-state index contributed by atoms with van der Waals surface area (Å²) in [6.45, 7) is 3.29. The highest BCUT2D eigenvalue weighted by Gasteiger charge is 2.24. The molecule has 4 rings (SSSR count). The van der Waals surface area contributed by atoms with Gasteiger partial charge in [-0.15, -0.1) is 0 Å². The molecule has 0 saturated carbocycles. The first-order valence-corrected chi connectivity index (χ1v) is 11.1. The Morgan fingerprint density at radius 3 is 2.21 bits per heavy atom. The van der Waals surface area contributed by atoms with E-state index in [1.54, 1.807) is 67.4 Å². The second kappa shape index (κ2) is 10.4. The number of aliphatic imine (C=N–C) groups is 1.